The molecule has 0 bridgehead atoms. The Balaban J connectivity index is 1.28. The summed E-state index contributed by atoms with van der Waals surface area (Å²) < 4.78 is 32.7. The van der Waals surface area contributed by atoms with Gasteiger partial charge in [-0.15, -0.1) is 0 Å². The highest BCUT2D eigenvalue weighted by Crippen LogP contribution is 2.32. The van der Waals surface area contributed by atoms with E-state index in [1.54, 1.807) is 12.2 Å². The molecule has 2 fully saturated rings. The van der Waals surface area contributed by atoms with E-state index in [1.807, 2.05) is 0 Å². The lowest BCUT2D eigenvalue weighted by atomic mass is 10.0. The molecule has 3 unspecified atom stereocenters. The van der Waals surface area contributed by atoms with E-state index in [4.69, 9.17) is 28.4 Å². The lowest BCUT2D eigenvalue weighted by Crippen LogP contribution is -2.36. The predicted octanol–water partition coefficient (Wildman–Crippen LogP) is 2.00. The van der Waals surface area contributed by atoms with Crippen molar-refractivity contribution in [3.8, 4) is 5.75 Å². The molecule has 5 atom stereocenters. The Labute approximate surface area is 206 Å². The molecule has 36 heavy (non-hydrogen) atoms. The third kappa shape index (κ3) is 5.78. The summed E-state index contributed by atoms with van der Waals surface area (Å²) in [6, 6.07) is 5.87. The van der Waals surface area contributed by atoms with Gasteiger partial charge in [0, 0.05) is 18.6 Å². The highest BCUT2D eigenvalue weighted by atomic mass is 16.7. The minimum absolute atomic E-state index is 0.0864. The van der Waals surface area contributed by atoms with Gasteiger partial charge in [-0.05, 0) is 36.4 Å². The van der Waals surface area contributed by atoms with Gasteiger partial charge in [0.15, 0.2) is 12.2 Å². The second kappa shape index (κ2) is 11.1. The van der Waals surface area contributed by atoms with Crippen LogP contribution >= 0.6 is 0 Å². The topological polar surface area (TPSA) is 124 Å². The number of carbonyl (C=O) groups is 4. The first-order chi connectivity index (χ1) is 17.4. The summed E-state index contributed by atoms with van der Waals surface area (Å²) in [7, 11) is 0. The second-order valence-electron chi connectivity index (χ2n) is 8.07. The third-order valence-electron chi connectivity index (χ3n) is 5.68. The molecule has 0 N–H and O–H groups in total. The molecule has 2 saturated heterocycles. The monoisotopic (exact) mass is 496 g/mol. The minimum atomic E-state index is -0.682. The van der Waals surface area contributed by atoms with E-state index < -0.39 is 54.4 Å². The summed E-state index contributed by atoms with van der Waals surface area (Å²) in [6.07, 6.45) is 4.21. The van der Waals surface area contributed by atoms with Gasteiger partial charge in [0.2, 0.25) is 0 Å². The Hall–Kier alpha value is -4.02. The second-order valence-corrected chi connectivity index (χ2v) is 8.07. The van der Waals surface area contributed by atoms with E-state index in [9.17, 15) is 19.2 Å². The zero-order valence-electron chi connectivity index (χ0n) is 19.2. The summed E-state index contributed by atoms with van der Waals surface area (Å²) in [4.78, 5) is 47.7. The Morgan fingerprint density at radius 3 is 2.00 bits per heavy atom. The average Bonchev–Trinajstić information content (AvgIpc) is 3.47. The first kappa shape index (κ1) is 25.1. The summed E-state index contributed by atoms with van der Waals surface area (Å²) >= 11 is 0. The molecule has 188 valence electrons. The molecule has 0 aromatic heterocycles. The number of carbonyl (C=O) groups excluding carboxylic acids is 4. The SMILES string of the molecule is C=CC(=O)Oc1ccc(C(=O)O[C@@H]2COC3C2OC[C@H]3OC(=O)C2=CCC(OC(=O)C=C)C=C2)cc1. The van der Waals surface area contributed by atoms with Crippen molar-refractivity contribution in [2.24, 2.45) is 0 Å². The molecular weight excluding hydrogens is 472 g/mol. The van der Waals surface area contributed by atoms with Crippen LogP contribution in [0.3, 0.4) is 0 Å². The molecule has 0 spiro atoms. The van der Waals surface area contributed by atoms with E-state index >= 15 is 0 Å². The fourth-order valence-electron chi connectivity index (χ4n) is 3.90. The van der Waals surface area contributed by atoms with Crippen LogP contribution in [0, 0.1) is 0 Å². The number of ether oxygens (including phenoxy) is 6. The Morgan fingerprint density at radius 2 is 1.44 bits per heavy atom. The van der Waals surface area contributed by atoms with Gasteiger partial charge in [0.25, 0.3) is 0 Å². The van der Waals surface area contributed by atoms with Crippen LogP contribution in [0.15, 0.2) is 73.4 Å². The maximum atomic E-state index is 12.6. The predicted molar refractivity (Wildman–Crippen MR) is 123 cm³/mol. The minimum Gasteiger partial charge on any atom is -0.455 e. The molecule has 1 aromatic rings. The summed E-state index contributed by atoms with van der Waals surface area (Å²) in [5.41, 5.74) is 0.582. The smallest absolute Gasteiger partial charge is 0.338 e. The molecule has 4 rings (SSSR count). The largest absolute Gasteiger partial charge is 0.455 e. The van der Waals surface area contributed by atoms with Crippen molar-refractivity contribution < 1.29 is 47.6 Å². The van der Waals surface area contributed by atoms with Gasteiger partial charge in [0.1, 0.15) is 24.1 Å². The first-order valence-corrected chi connectivity index (χ1v) is 11.2. The number of fused-ring (bicyclic) bond motifs is 1. The van der Waals surface area contributed by atoms with Gasteiger partial charge in [0.05, 0.1) is 24.4 Å². The number of esters is 4. The molecule has 0 saturated carbocycles. The first-order valence-electron chi connectivity index (χ1n) is 11.2. The van der Waals surface area contributed by atoms with Crippen molar-refractivity contribution in [3.63, 3.8) is 0 Å². The zero-order chi connectivity index (χ0) is 25.7. The van der Waals surface area contributed by atoms with Crippen LogP contribution in [-0.4, -0.2) is 67.6 Å². The van der Waals surface area contributed by atoms with Crippen LogP contribution in [0.1, 0.15) is 16.8 Å². The highest BCUT2D eigenvalue weighted by Gasteiger charge is 2.51. The van der Waals surface area contributed by atoms with E-state index in [0.29, 0.717) is 12.0 Å². The van der Waals surface area contributed by atoms with Gasteiger partial charge in [-0.1, -0.05) is 19.2 Å². The summed E-state index contributed by atoms with van der Waals surface area (Å²) in [6.45, 7) is 6.85. The Bertz CT molecular complexity index is 1120. The number of benzene rings is 1. The maximum absolute atomic E-state index is 12.6. The molecule has 0 amide bonds. The molecule has 3 aliphatic rings. The van der Waals surface area contributed by atoms with Crippen molar-refractivity contribution in [1.29, 1.82) is 0 Å². The van der Waals surface area contributed by atoms with Crippen LogP contribution in [0.4, 0.5) is 0 Å². The lowest BCUT2D eigenvalue weighted by molar-refractivity contribution is -0.148. The van der Waals surface area contributed by atoms with Crippen LogP contribution < -0.4 is 4.74 Å². The molecule has 1 aromatic carbocycles. The number of rotatable bonds is 8. The van der Waals surface area contributed by atoms with Crippen LogP contribution in [0.5, 0.6) is 5.75 Å². The van der Waals surface area contributed by atoms with Crippen molar-refractivity contribution in [1.82, 2.24) is 0 Å². The lowest BCUT2D eigenvalue weighted by Gasteiger charge is -2.19. The molecular formula is C26H24O10. The summed E-state index contributed by atoms with van der Waals surface area (Å²) in [5.74, 6) is -2.05. The van der Waals surface area contributed by atoms with Gasteiger partial charge in [-0.2, -0.15) is 0 Å². The normalized spacial score (nSPS) is 26.2. The average molecular weight is 496 g/mol. The van der Waals surface area contributed by atoms with E-state index in [1.165, 1.54) is 30.3 Å². The fourth-order valence-corrected chi connectivity index (χ4v) is 3.90. The number of hydrogen-bond acceptors (Lipinski definition) is 10. The van der Waals surface area contributed by atoms with Gasteiger partial charge < -0.3 is 28.4 Å². The molecule has 2 aliphatic heterocycles. The van der Waals surface area contributed by atoms with Crippen LogP contribution in [0.2, 0.25) is 0 Å². The van der Waals surface area contributed by atoms with Crippen LogP contribution in [0.25, 0.3) is 0 Å². The van der Waals surface area contributed by atoms with Crippen molar-refractivity contribution in [2.45, 2.75) is 36.9 Å². The van der Waals surface area contributed by atoms with Gasteiger partial charge in [-0.3, -0.25) is 0 Å². The third-order valence-corrected chi connectivity index (χ3v) is 5.68. The van der Waals surface area contributed by atoms with Crippen molar-refractivity contribution in [2.75, 3.05) is 13.2 Å². The van der Waals surface area contributed by atoms with E-state index in [2.05, 4.69) is 13.2 Å². The maximum Gasteiger partial charge on any atom is 0.338 e. The van der Waals surface area contributed by atoms with E-state index in [0.717, 1.165) is 12.2 Å². The highest BCUT2D eigenvalue weighted by molar-refractivity contribution is 5.92. The standard InChI is InChI=1S/C26H24O10/c1-3-21(27)33-17-9-5-15(6-10-17)25(29)35-19-13-31-24-20(14-32-23(19)24)36-26(30)16-7-11-18(12-8-16)34-22(28)4-2/h3-11,18-20,23-24H,1-2,12-14H2/t18?,19-,20-,23?,24?/m1/s1. The van der Waals surface area contributed by atoms with Crippen LogP contribution in [-0.2, 0) is 38.1 Å². The molecule has 10 nitrogen and oxygen atoms in total. The Morgan fingerprint density at radius 1 is 0.833 bits per heavy atom. The Kier molecular flexibility index (Phi) is 7.77. The zero-order valence-corrected chi connectivity index (χ0v) is 19.2. The molecule has 10 heteroatoms. The molecule has 1 aliphatic carbocycles. The number of hydrogen-bond donors (Lipinski definition) is 0. The van der Waals surface area contributed by atoms with E-state index in [-0.39, 0.29) is 24.5 Å². The van der Waals surface area contributed by atoms with Crippen molar-refractivity contribution in [3.05, 3.63) is 78.9 Å². The van der Waals surface area contributed by atoms with Gasteiger partial charge >= 0.3 is 23.9 Å². The molecule has 0 radical (unpaired) electrons. The molecule has 2 heterocycles. The summed E-state index contributed by atoms with van der Waals surface area (Å²) in [5, 5.41) is 0. The fraction of sp³-hybridized carbons (Fsp3) is 0.308. The quantitative estimate of drug-likeness (QED) is 0.228. The van der Waals surface area contributed by atoms with Crippen molar-refractivity contribution >= 4 is 23.9 Å². The van der Waals surface area contributed by atoms with Gasteiger partial charge in [-0.25, -0.2) is 19.2 Å².